The molecule has 0 spiro atoms. The zero-order valence-electron chi connectivity index (χ0n) is 14.3. The number of sulfone groups is 1. The van der Waals surface area contributed by atoms with Gasteiger partial charge in [-0.2, -0.15) is 0 Å². The Morgan fingerprint density at radius 1 is 1.08 bits per heavy atom. The summed E-state index contributed by atoms with van der Waals surface area (Å²) >= 11 is 1.66. The Bertz CT molecular complexity index is 835. The lowest BCUT2D eigenvalue weighted by Gasteiger charge is -2.27. The summed E-state index contributed by atoms with van der Waals surface area (Å²) in [4.78, 5) is 15.5. The van der Waals surface area contributed by atoms with Gasteiger partial charge < -0.3 is 5.32 Å². The topological polar surface area (TPSA) is 63.2 Å². The fraction of sp³-hybridized carbons (Fsp3) is 0.421. The zero-order chi connectivity index (χ0) is 17.9. The Balaban J connectivity index is 1.83. The van der Waals surface area contributed by atoms with Crippen molar-refractivity contribution in [1.82, 2.24) is 5.32 Å². The van der Waals surface area contributed by atoms with Crippen LogP contribution in [-0.4, -0.2) is 19.1 Å². The average Bonchev–Trinajstić information content (AvgIpc) is 3.30. The minimum absolute atomic E-state index is 0.233. The molecule has 0 aliphatic heterocycles. The van der Waals surface area contributed by atoms with Crippen LogP contribution in [0.25, 0.3) is 0 Å². The van der Waals surface area contributed by atoms with Crippen molar-refractivity contribution in [2.45, 2.75) is 55.2 Å². The highest BCUT2D eigenvalue weighted by Gasteiger charge is 2.52. The van der Waals surface area contributed by atoms with Crippen LogP contribution < -0.4 is 5.32 Å². The summed E-state index contributed by atoms with van der Waals surface area (Å²) in [5, 5.41) is 2.89. The SMILES string of the molecule is CCc1ccc(CNC(=O)C2(S(=O)(=O)c3ccccc3)CCCC2)s1. The van der Waals surface area contributed by atoms with Crippen LogP contribution in [0.1, 0.15) is 42.4 Å². The van der Waals surface area contributed by atoms with Gasteiger partial charge in [-0.1, -0.05) is 38.0 Å². The van der Waals surface area contributed by atoms with Crippen LogP contribution in [-0.2, 0) is 27.6 Å². The van der Waals surface area contributed by atoms with Crippen LogP contribution in [0.4, 0.5) is 0 Å². The average molecular weight is 378 g/mol. The number of rotatable bonds is 6. The molecule has 1 aromatic carbocycles. The van der Waals surface area contributed by atoms with Crippen molar-refractivity contribution in [2.24, 2.45) is 0 Å². The molecule has 1 aliphatic rings. The normalized spacial score (nSPS) is 16.7. The van der Waals surface area contributed by atoms with Gasteiger partial charge in [0, 0.05) is 9.75 Å². The molecule has 1 heterocycles. The molecule has 1 fully saturated rings. The number of hydrogen-bond acceptors (Lipinski definition) is 4. The lowest BCUT2D eigenvalue weighted by molar-refractivity contribution is -0.123. The van der Waals surface area contributed by atoms with Gasteiger partial charge in [0.2, 0.25) is 5.91 Å². The molecule has 2 aromatic rings. The number of carbonyl (C=O) groups excluding carboxylic acids is 1. The van der Waals surface area contributed by atoms with E-state index in [-0.39, 0.29) is 10.8 Å². The molecule has 3 rings (SSSR count). The first-order valence-electron chi connectivity index (χ1n) is 8.65. The molecule has 1 aromatic heterocycles. The van der Waals surface area contributed by atoms with Gasteiger partial charge in [-0.25, -0.2) is 8.42 Å². The van der Waals surface area contributed by atoms with E-state index < -0.39 is 14.6 Å². The largest absolute Gasteiger partial charge is 0.350 e. The van der Waals surface area contributed by atoms with E-state index in [2.05, 4.69) is 18.3 Å². The summed E-state index contributed by atoms with van der Waals surface area (Å²) in [7, 11) is -3.71. The first-order chi connectivity index (χ1) is 12.0. The smallest absolute Gasteiger partial charge is 0.242 e. The molecule has 0 radical (unpaired) electrons. The second kappa shape index (κ2) is 7.30. The standard InChI is InChI=1S/C19H23NO3S2/c1-2-15-10-11-16(24-15)14-20-18(21)19(12-6-7-13-19)25(22,23)17-8-4-3-5-9-17/h3-5,8-11H,2,6-7,12-14H2,1H3,(H,20,21). The molecule has 1 aliphatic carbocycles. The van der Waals surface area contributed by atoms with E-state index in [0.717, 1.165) is 24.1 Å². The van der Waals surface area contributed by atoms with E-state index in [1.54, 1.807) is 41.7 Å². The Labute approximate surface area is 153 Å². The molecule has 1 saturated carbocycles. The first kappa shape index (κ1) is 18.1. The molecule has 0 unspecified atom stereocenters. The van der Waals surface area contributed by atoms with Crippen LogP contribution in [0.5, 0.6) is 0 Å². The number of hydrogen-bond donors (Lipinski definition) is 1. The van der Waals surface area contributed by atoms with Gasteiger partial charge in [0.1, 0.15) is 0 Å². The van der Waals surface area contributed by atoms with E-state index in [1.807, 2.05) is 6.07 Å². The second-order valence-electron chi connectivity index (χ2n) is 6.42. The van der Waals surface area contributed by atoms with Crippen molar-refractivity contribution in [1.29, 1.82) is 0 Å². The monoisotopic (exact) mass is 377 g/mol. The van der Waals surface area contributed by atoms with E-state index in [9.17, 15) is 13.2 Å². The van der Waals surface area contributed by atoms with Crippen molar-refractivity contribution in [3.8, 4) is 0 Å². The highest BCUT2D eigenvalue weighted by molar-refractivity contribution is 7.93. The van der Waals surface area contributed by atoms with Gasteiger partial charge in [0.15, 0.2) is 14.6 Å². The fourth-order valence-electron chi connectivity index (χ4n) is 3.43. The van der Waals surface area contributed by atoms with E-state index in [4.69, 9.17) is 0 Å². The van der Waals surface area contributed by atoms with Crippen molar-refractivity contribution in [3.05, 3.63) is 52.2 Å². The summed E-state index contributed by atoms with van der Waals surface area (Å²) in [6.07, 6.45) is 3.27. The predicted molar refractivity (Wildman–Crippen MR) is 100 cm³/mol. The van der Waals surface area contributed by atoms with Gasteiger partial charge in [-0.3, -0.25) is 4.79 Å². The van der Waals surface area contributed by atoms with Crippen molar-refractivity contribution in [3.63, 3.8) is 0 Å². The van der Waals surface area contributed by atoms with E-state index in [1.165, 1.54) is 4.88 Å². The third-order valence-electron chi connectivity index (χ3n) is 4.88. The molecule has 0 saturated heterocycles. The number of thiophene rings is 1. The number of aryl methyl sites for hydroxylation is 1. The van der Waals surface area contributed by atoms with Crippen molar-refractivity contribution in [2.75, 3.05) is 0 Å². The van der Waals surface area contributed by atoms with Crippen LogP contribution in [0.3, 0.4) is 0 Å². The van der Waals surface area contributed by atoms with Crippen LogP contribution in [0.15, 0.2) is 47.4 Å². The number of benzene rings is 1. The maximum Gasteiger partial charge on any atom is 0.242 e. The zero-order valence-corrected chi connectivity index (χ0v) is 16.0. The summed E-state index contributed by atoms with van der Waals surface area (Å²) in [5.41, 5.74) is 0. The van der Waals surface area contributed by atoms with Crippen LogP contribution >= 0.6 is 11.3 Å². The predicted octanol–water partition coefficient (Wildman–Crippen LogP) is 3.71. The quantitative estimate of drug-likeness (QED) is 0.835. The first-order valence-corrected chi connectivity index (χ1v) is 10.9. The highest BCUT2D eigenvalue weighted by atomic mass is 32.2. The molecule has 0 bridgehead atoms. The minimum Gasteiger partial charge on any atom is -0.350 e. The van der Waals surface area contributed by atoms with Crippen molar-refractivity contribution < 1.29 is 13.2 Å². The molecule has 0 atom stereocenters. The van der Waals surface area contributed by atoms with E-state index >= 15 is 0 Å². The minimum atomic E-state index is -3.71. The summed E-state index contributed by atoms with van der Waals surface area (Å²) in [6, 6.07) is 12.4. The van der Waals surface area contributed by atoms with Gasteiger partial charge in [-0.15, -0.1) is 11.3 Å². The van der Waals surface area contributed by atoms with Gasteiger partial charge in [0.25, 0.3) is 0 Å². The summed E-state index contributed by atoms with van der Waals surface area (Å²) in [6.45, 7) is 2.48. The molecule has 4 nitrogen and oxygen atoms in total. The highest BCUT2D eigenvalue weighted by Crippen LogP contribution is 2.40. The fourth-order valence-corrected chi connectivity index (χ4v) is 6.43. The molecule has 1 amide bonds. The van der Waals surface area contributed by atoms with Crippen LogP contribution in [0, 0.1) is 0 Å². The lowest BCUT2D eigenvalue weighted by atomic mass is 10.1. The number of nitrogens with one attached hydrogen (secondary N) is 1. The Morgan fingerprint density at radius 2 is 1.72 bits per heavy atom. The maximum atomic E-state index is 13.2. The Hall–Kier alpha value is -1.66. The van der Waals surface area contributed by atoms with Crippen molar-refractivity contribution >= 4 is 27.1 Å². The maximum absolute atomic E-state index is 13.2. The third kappa shape index (κ3) is 3.37. The molecular formula is C19H23NO3S2. The summed E-state index contributed by atoms with van der Waals surface area (Å²) in [5.74, 6) is -0.361. The molecule has 25 heavy (non-hydrogen) atoms. The number of amides is 1. The Kier molecular flexibility index (Phi) is 5.29. The van der Waals surface area contributed by atoms with E-state index in [0.29, 0.717) is 19.4 Å². The molecule has 6 heteroatoms. The van der Waals surface area contributed by atoms with Gasteiger partial charge in [-0.05, 0) is 43.5 Å². The molecule has 1 N–H and O–H groups in total. The Morgan fingerprint density at radius 3 is 2.32 bits per heavy atom. The lowest BCUT2D eigenvalue weighted by Crippen LogP contribution is -2.50. The van der Waals surface area contributed by atoms with Gasteiger partial charge >= 0.3 is 0 Å². The molecular weight excluding hydrogens is 354 g/mol. The summed E-state index contributed by atoms with van der Waals surface area (Å²) < 4.78 is 25.1. The number of carbonyl (C=O) groups is 1. The molecule has 134 valence electrons. The third-order valence-corrected chi connectivity index (χ3v) is 8.63. The van der Waals surface area contributed by atoms with Gasteiger partial charge in [0.05, 0.1) is 11.4 Å². The second-order valence-corrected chi connectivity index (χ2v) is 9.93. The van der Waals surface area contributed by atoms with Crippen LogP contribution in [0.2, 0.25) is 0 Å².